The van der Waals surface area contributed by atoms with Gasteiger partial charge in [0, 0.05) is 32.6 Å². The second-order valence-corrected chi connectivity index (χ2v) is 6.02. The van der Waals surface area contributed by atoms with Crippen LogP contribution in [0.25, 0.3) is 0 Å². The molecule has 0 radical (unpaired) electrons. The standard InChI is InChI=1S/C19H23N3O2/c1-24-12-11-22(14-15-5-4-10-20-13-15)19(23)21-18-9-8-16-6-2-3-7-17(16)18/h2-7,10,13,18H,8-9,11-12,14H2,1H3,(H,21,23). The molecule has 0 saturated carbocycles. The van der Waals surface area contributed by atoms with Crippen LogP contribution in [0.1, 0.15) is 29.2 Å². The number of carbonyl (C=O) groups is 1. The molecule has 126 valence electrons. The van der Waals surface area contributed by atoms with Crippen molar-refractivity contribution < 1.29 is 9.53 Å². The van der Waals surface area contributed by atoms with Crippen molar-refractivity contribution in [2.24, 2.45) is 0 Å². The van der Waals surface area contributed by atoms with Crippen LogP contribution in [0.15, 0.2) is 48.8 Å². The lowest BCUT2D eigenvalue weighted by atomic mass is 10.1. The van der Waals surface area contributed by atoms with Gasteiger partial charge in [0.15, 0.2) is 0 Å². The molecule has 2 aromatic rings. The average Bonchev–Trinajstić information content (AvgIpc) is 3.02. The Kier molecular flexibility index (Phi) is 5.43. The summed E-state index contributed by atoms with van der Waals surface area (Å²) >= 11 is 0. The molecule has 0 fully saturated rings. The molecule has 1 unspecified atom stereocenters. The highest BCUT2D eigenvalue weighted by atomic mass is 16.5. The van der Waals surface area contributed by atoms with Crippen LogP contribution in [-0.2, 0) is 17.7 Å². The van der Waals surface area contributed by atoms with E-state index in [4.69, 9.17) is 4.74 Å². The normalized spacial score (nSPS) is 15.8. The number of carbonyl (C=O) groups excluding carboxylic acids is 1. The molecule has 0 saturated heterocycles. The van der Waals surface area contributed by atoms with Gasteiger partial charge in [-0.2, -0.15) is 0 Å². The van der Waals surface area contributed by atoms with E-state index in [1.807, 2.05) is 18.2 Å². The molecule has 1 aromatic heterocycles. The number of methoxy groups -OCH3 is 1. The fourth-order valence-corrected chi connectivity index (χ4v) is 3.11. The van der Waals surface area contributed by atoms with Crippen LogP contribution in [0, 0.1) is 0 Å². The van der Waals surface area contributed by atoms with E-state index in [0.717, 1.165) is 18.4 Å². The van der Waals surface area contributed by atoms with Crippen LogP contribution in [0.5, 0.6) is 0 Å². The minimum absolute atomic E-state index is 0.0578. The second kappa shape index (κ2) is 7.93. The summed E-state index contributed by atoms with van der Waals surface area (Å²) in [7, 11) is 1.65. The van der Waals surface area contributed by atoms with E-state index in [0.29, 0.717) is 19.7 Å². The van der Waals surface area contributed by atoms with Gasteiger partial charge in [-0.05, 0) is 35.6 Å². The molecule has 2 amide bonds. The number of ether oxygens (including phenoxy) is 1. The van der Waals surface area contributed by atoms with Crippen LogP contribution in [0.2, 0.25) is 0 Å². The Morgan fingerprint density at radius 2 is 2.21 bits per heavy atom. The number of fused-ring (bicyclic) bond motifs is 1. The largest absolute Gasteiger partial charge is 0.383 e. The van der Waals surface area contributed by atoms with Crippen LogP contribution in [0.4, 0.5) is 4.79 Å². The summed E-state index contributed by atoms with van der Waals surface area (Å²) in [6, 6.07) is 12.2. The summed E-state index contributed by atoms with van der Waals surface area (Å²) in [5, 5.41) is 3.18. The minimum atomic E-state index is -0.0578. The van der Waals surface area contributed by atoms with Crippen molar-refractivity contribution >= 4 is 6.03 Å². The second-order valence-electron chi connectivity index (χ2n) is 6.02. The SMILES string of the molecule is COCCN(Cc1cccnc1)C(=O)NC1CCc2ccccc21. The number of aromatic nitrogens is 1. The van der Waals surface area contributed by atoms with Gasteiger partial charge in [0.25, 0.3) is 0 Å². The van der Waals surface area contributed by atoms with Crippen LogP contribution >= 0.6 is 0 Å². The van der Waals surface area contributed by atoms with Gasteiger partial charge in [-0.15, -0.1) is 0 Å². The summed E-state index contributed by atoms with van der Waals surface area (Å²) < 4.78 is 5.15. The molecular formula is C19H23N3O2. The number of hydrogen-bond donors (Lipinski definition) is 1. The van der Waals surface area contributed by atoms with E-state index in [1.165, 1.54) is 11.1 Å². The van der Waals surface area contributed by atoms with Gasteiger partial charge in [0.1, 0.15) is 0 Å². The third-order valence-electron chi connectivity index (χ3n) is 4.38. The van der Waals surface area contributed by atoms with Crippen molar-refractivity contribution in [2.45, 2.75) is 25.4 Å². The molecule has 5 nitrogen and oxygen atoms in total. The van der Waals surface area contributed by atoms with Crippen LogP contribution in [0.3, 0.4) is 0 Å². The van der Waals surface area contributed by atoms with E-state index in [-0.39, 0.29) is 12.1 Å². The van der Waals surface area contributed by atoms with Gasteiger partial charge >= 0.3 is 6.03 Å². The number of nitrogens with zero attached hydrogens (tertiary/aromatic N) is 2. The Morgan fingerprint density at radius 1 is 1.33 bits per heavy atom. The van der Waals surface area contributed by atoms with Gasteiger partial charge in [-0.3, -0.25) is 4.98 Å². The predicted molar refractivity (Wildman–Crippen MR) is 92.6 cm³/mol. The highest BCUT2D eigenvalue weighted by Crippen LogP contribution is 2.30. The maximum Gasteiger partial charge on any atom is 0.318 e. The molecule has 24 heavy (non-hydrogen) atoms. The average molecular weight is 325 g/mol. The molecule has 1 aromatic carbocycles. The third-order valence-corrected chi connectivity index (χ3v) is 4.38. The Hall–Kier alpha value is -2.40. The van der Waals surface area contributed by atoms with Crippen molar-refractivity contribution in [3.8, 4) is 0 Å². The van der Waals surface area contributed by atoms with Crippen molar-refractivity contribution in [1.29, 1.82) is 0 Å². The smallest absolute Gasteiger partial charge is 0.318 e. The molecular weight excluding hydrogens is 302 g/mol. The van der Waals surface area contributed by atoms with Gasteiger partial charge in [-0.1, -0.05) is 30.3 Å². The predicted octanol–water partition coefficient (Wildman–Crippen LogP) is 2.93. The lowest BCUT2D eigenvalue weighted by Gasteiger charge is -2.25. The first-order valence-electron chi connectivity index (χ1n) is 8.29. The fourth-order valence-electron chi connectivity index (χ4n) is 3.11. The van der Waals surface area contributed by atoms with E-state index in [9.17, 15) is 4.79 Å². The number of nitrogens with one attached hydrogen (secondary N) is 1. The topological polar surface area (TPSA) is 54.5 Å². The molecule has 1 atom stereocenters. The zero-order chi connectivity index (χ0) is 16.8. The maximum absolute atomic E-state index is 12.8. The number of pyridine rings is 1. The lowest BCUT2D eigenvalue weighted by molar-refractivity contribution is 0.144. The molecule has 0 spiro atoms. The fraction of sp³-hybridized carbons (Fsp3) is 0.368. The summed E-state index contributed by atoms with van der Waals surface area (Å²) in [6.07, 6.45) is 5.49. The number of aryl methyl sites for hydroxylation is 1. The van der Waals surface area contributed by atoms with Gasteiger partial charge < -0.3 is 15.0 Å². The summed E-state index contributed by atoms with van der Waals surface area (Å²) in [4.78, 5) is 18.7. The summed E-state index contributed by atoms with van der Waals surface area (Å²) in [5.74, 6) is 0. The Labute approximate surface area is 142 Å². The Balaban J connectivity index is 1.67. The monoisotopic (exact) mass is 325 g/mol. The molecule has 0 bridgehead atoms. The Morgan fingerprint density at radius 3 is 3.00 bits per heavy atom. The van der Waals surface area contributed by atoms with E-state index >= 15 is 0 Å². The molecule has 1 N–H and O–H groups in total. The van der Waals surface area contributed by atoms with Gasteiger partial charge in [-0.25, -0.2) is 4.79 Å². The molecule has 5 heteroatoms. The van der Waals surface area contributed by atoms with Crippen molar-refractivity contribution in [3.05, 3.63) is 65.5 Å². The van der Waals surface area contributed by atoms with Crippen molar-refractivity contribution in [2.75, 3.05) is 20.3 Å². The highest BCUT2D eigenvalue weighted by molar-refractivity contribution is 5.75. The molecule has 0 aliphatic heterocycles. The van der Waals surface area contributed by atoms with Crippen molar-refractivity contribution in [1.82, 2.24) is 15.2 Å². The number of hydrogen-bond acceptors (Lipinski definition) is 3. The lowest BCUT2D eigenvalue weighted by Crippen LogP contribution is -2.42. The molecule has 1 heterocycles. The molecule has 1 aliphatic carbocycles. The zero-order valence-corrected chi connectivity index (χ0v) is 13.9. The summed E-state index contributed by atoms with van der Waals surface area (Å²) in [6.45, 7) is 1.58. The summed E-state index contributed by atoms with van der Waals surface area (Å²) in [5.41, 5.74) is 3.58. The first-order chi connectivity index (χ1) is 11.8. The first-order valence-corrected chi connectivity index (χ1v) is 8.29. The number of urea groups is 1. The van der Waals surface area contributed by atoms with E-state index in [1.54, 1.807) is 24.4 Å². The zero-order valence-electron chi connectivity index (χ0n) is 13.9. The number of benzene rings is 1. The Bertz CT molecular complexity index is 675. The van der Waals surface area contributed by atoms with Crippen LogP contribution in [-0.4, -0.2) is 36.2 Å². The maximum atomic E-state index is 12.8. The van der Waals surface area contributed by atoms with E-state index in [2.05, 4.69) is 28.5 Å². The van der Waals surface area contributed by atoms with Crippen molar-refractivity contribution in [3.63, 3.8) is 0 Å². The molecule has 3 rings (SSSR count). The highest BCUT2D eigenvalue weighted by Gasteiger charge is 2.25. The van der Waals surface area contributed by atoms with Gasteiger partial charge in [0.05, 0.1) is 12.6 Å². The van der Waals surface area contributed by atoms with E-state index < -0.39 is 0 Å². The molecule has 1 aliphatic rings. The number of amides is 2. The quantitative estimate of drug-likeness (QED) is 0.888. The first kappa shape index (κ1) is 16.5. The minimum Gasteiger partial charge on any atom is -0.383 e. The third kappa shape index (κ3) is 3.92. The van der Waals surface area contributed by atoms with Gasteiger partial charge in [0.2, 0.25) is 0 Å². The van der Waals surface area contributed by atoms with Crippen LogP contribution < -0.4 is 5.32 Å². The number of rotatable bonds is 6.